The van der Waals surface area contributed by atoms with Crippen LogP contribution in [0.2, 0.25) is 0 Å². The molecule has 1 aliphatic rings. The summed E-state index contributed by atoms with van der Waals surface area (Å²) in [6.45, 7) is 5.93. The van der Waals surface area contributed by atoms with E-state index in [9.17, 15) is 8.78 Å². The van der Waals surface area contributed by atoms with Crippen molar-refractivity contribution in [1.82, 2.24) is 0 Å². The number of ether oxygens (including phenoxy) is 1. The van der Waals surface area contributed by atoms with E-state index in [0.29, 0.717) is 11.5 Å². The highest BCUT2D eigenvalue weighted by Crippen LogP contribution is 2.38. The first kappa shape index (κ1) is 23.5. The smallest absolute Gasteiger partial charge is 0.201 e. The number of halogens is 2. The van der Waals surface area contributed by atoms with Crippen molar-refractivity contribution in [3.8, 4) is 16.9 Å². The molecule has 3 rings (SSSR count). The predicted octanol–water partition coefficient (Wildman–Crippen LogP) is 8.83. The lowest BCUT2D eigenvalue weighted by atomic mass is 9.77. The lowest BCUT2D eigenvalue weighted by Crippen LogP contribution is -2.13. The first-order valence-corrected chi connectivity index (χ1v) is 12.0. The predicted molar refractivity (Wildman–Crippen MR) is 126 cm³/mol. The lowest BCUT2D eigenvalue weighted by Gasteiger charge is -2.29. The van der Waals surface area contributed by atoms with Crippen molar-refractivity contribution < 1.29 is 13.5 Å². The van der Waals surface area contributed by atoms with Crippen LogP contribution in [-0.4, -0.2) is 6.61 Å². The van der Waals surface area contributed by atoms with Gasteiger partial charge in [-0.25, -0.2) is 4.39 Å². The molecule has 0 aliphatic heterocycles. The zero-order valence-electron chi connectivity index (χ0n) is 18.8. The van der Waals surface area contributed by atoms with Gasteiger partial charge in [0.1, 0.15) is 6.61 Å². The van der Waals surface area contributed by atoms with Gasteiger partial charge in [0.15, 0.2) is 11.6 Å². The van der Waals surface area contributed by atoms with E-state index in [2.05, 4.69) is 25.6 Å². The molecular weight excluding hydrogens is 390 g/mol. The Morgan fingerprint density at radius 1 is 0.903 bits per heavy atom. The van der Waals surface area contributed by atoms with Gasteiger partial charge < -0.3 is 4.74 Å². The fourth-order valence-electron chi connectivity index (χ4n) is 4.77. The van der Waals surface area contributed by atoms with Gasteiger partial charge in [-0.05, 0) is 60.8 Å². The van der Waals surface area contributed by atoms with E-state index in [0.717, 1.165) is 5.92 Å². The molecule has 0 N–H and O–H groups in total. The van der Waals surface area contributed by atoms with E-state index in [4.69, 9.17) is 4.74 Å². The Labute approximate surface area is 186 Å². The second-order valence-electron chi connectivity index (χ2n) is 8.88. The standard InChI is InChI=1S/C28H36F2O/c1-3-5-6-7-8-9-21-10-12-22(13-11-21)23-14-16-24(17-15-23)25-18-19-26(31-20-4-2)28(30)27(25)29/h4,14-19,21-22H,2-3,5-13,20H2,1H3. The lowest BCUT2D eigenvalue weighted by molar-refractivity contribution is 0.302. The van der Waals surface area contributed by atoms with Crippen molar-refractivity contribution in [3.05, 3.63) is 66.3 Å². The van der Waals surface area contributed by atoms with Crippen LogP contribution in [0.25, 0.3) is 11.1 Å². The van der Waals surface area contributed by atoms with Crippen molar-refractivity contribution in [2.24, 2.45) is 5.92 Å². The molecule has 1 saturated carbocycles. The average molecular weight is 427 g/mol. The van der Waals surface area contributed by atoms with Gasteiger partial charge in [-0.3, -0.25) is 0 Å². The van der Waals surface area contributed by atoms with Gasteiger partial charge in [0.2, 0.25) is 5.82 Å². The van der Waals surface area contributed by atoms with E-state index in [1.165, 1.54) is 81.9 Å². The normalized spacial score (nSPS) is 18.7. The summed E-state index contributed by atoms with van der Waals surface area (Å²) in [7, 11) is 0. The van der Waals surface area contributed by atoms with E-state index < -0.39 is 11.6 Å². The largest absolute Gasteiger partial charge is 0.486 e. The van der Waals surface area contributed by atoms with Crippen molar-refractivity contribution >= 4 is 0 Å². The summed E-state index contributed by atoms with van der Waals surface area (Å²) < 4.78 is 34.0. The van der Waals surface area contributed by atoms with Crippen LogP contribution < -0.4 is 4.74 Å². The summed E-state index contributed by atoms with van der Waals surface area (Å²) in [4.78, 5) is 0. The Morgan fingerprint density at radius 3 is 2.29 bits per heavy atom. The van der Waals surface area contributed by atoms with Crippen LogP contribution in [0.4, 0.5) is 8.78 Å². The van der Waals surface area contributed by atoms with Gasteiger partial charge in [0.25, 0.3) is 0 Å². The molecule has 0 spiro atoms. The average Bonchev–Trinajstić information content (AvgIpc) is 2.80. The Bertz CT molecular complexity index is 820. The molecular formula is C28H36F2O. The maximum absolute atomic E-state index is 14.6. The summed E-state index contributed by atoms with van der Waals surface area (Å²) in [5, 5.41) is 0. The van der Waals surface area contributed by atoms with Crippen LogP contribution >= 0.6 is 0 Å². The van der Waals surface area contributed by atoms with Crippen LogP contribution in [0.5, 0.6) is 5.75 Å². The minimum absolute atomic E-state index is 0.0834. The fraction of sp³-hybridized carbons (Fsp3) is 0.500. The van der Waals surface area contributed by atoms with Crippen molar-refractivity contribution in [3.63, 3.8) is 0 Å². The van der Waals surface area contributed by atoms with Crippen molar-refractivity contribution in [2.75, 3.05) is 6.61 Å². The second-order valence-corrected chi connectivity index (χ2v) is 8.88. The number of hydrogen-bond acceptors (Lipinski definition) is 1. The molecule has 168 valence electrons. The van der Waals surface area contributed by atoms with Crippen molar-refractivity contribution in [2.45, 2.75) is 77.0 Å². The number of unbranched alkanes of at least 4 members (excludes halogenated alkanes) is 4. The van der Waals surface area contributed by atoms with Crippen LogP contribution in [0.15, 0.2) is 49.1 Å². The highest BCUT2D eigenvalue weighted by atomic mass is 19.2. The molecule has 1 aliphatic carbocycles. The third kappa shape index (κ3) is 6.41. The third-order valence-corrected chi connectivity index (χ3v) is 6.66. The summed E-state index contributed by atoms with van der Waals surface area (Å²) in [6, 6.07) is 11.1. The molecule has 1 nitrogen and oxygen atoms in total. The minimum atomic E-state index is -0.948. The molecule has 0 aromatic heterocycles. The third-order valence-electron chi connectivity index (χ3n) is 6.66. The maximum Gasteiger partial charge on any atom is 0.201 e. The first-order valence-electron chi connectivity index (χ1n) is 12.0. The molecule has 31 heavy (non-hydrogen) atoms. The van der Waals surface area contributed by atoms with Gasteiger partial charge in [-0.1, -0.05) is 82.4 Å². The monoisotopic (exact) mass is 426 g/mol. The summed E-state index contributed by atoms with van der Waals surface area (Å²) in [6.07, 6.45) is 14.8. The van der Waals surface area contributed by atoms with E-state index in [1.807, 2.05) is 12.1 Å². The van der Waals surface area contributed by atoms with Gasteiger partial charge >= 0.3 is 0 Å². The van der Waals surface area contributed by atoms with Gasteiger partial charge in [0, 0.05) is 5.56 Å². The molecule has 0 saturated heterocycles. The fourth-order valence-corrected chi connectivity index (χ4v) is 4.77. The number of hydrogen-bond donors (Lipinski definition) is 0. The maximum atomic E-state index is 14.6. The number of rotatable bonds is 11. The van der Waals surface area contributed by atoms with Crippen LogP contribution in [-0.2, 0) is 0 Å². The summed E-state index contributed by atoms with van der Waals surface area (Å²) >= 11 is 0. The molecule has 0 heterocycles. The zero-order valence-corrected chi connectivity index (χ0v) is 18.8. The van der Waals surface area contributed by atoms with Gasteiger partial charge in [0.05, 0.1) is 0 Å². The van der Waals surface area contributed by atoms with Crippen LogP contribution in [0.1, 0.15) is 82.6 Å². The number of benzene rings is 2. The Morgan fingerprint density at radius 2 is 1.61 bits per heavy atom. The molecule has 3 heteroatoms. The Kier molecular flexibility index (Phi) is 9.12. The molecule has 0 radical (unpaired) electrons. The molecule has 1 fully saturated rings. The minimum Gasteiger partial charge on any atom is -0.486 e. The summed E-state index contributed by atoms with van der Waals surface area (Å²) in [5.74, 6) is -0.428. The second kappa shape index (κ2) is 12.0. The SMILES string of the molecule is C=CCOc1ccc(-c2ccc(C3CCC(CCCCCCC)CC3)cc2)c(F)c1F. The van der Waals surface area contributed by atoms with Crippen LogP contribution in [0, 0.1) is 17.6 Å². The Balaban J connectivity index is 1.55. The quantitative estimate of drug-likeness (QED) is 0.257. The van der Waals surface area contributed by atoms with E-state index in [-0.39, 0.29) is 17.9 Å². The topological polar surface area (TPSA) is 9.23 Å². The molecule has 0 unspecified atom stereocenters. The summed E-state index contributed by atoms with van der Waals surface area (Å²) in [5.41, 5.74) is 2.27. The van der Waals surface area contributed by atoms with Gasteiger partial charge in [-0.15, -0.1) is 0 Å². The Hall–Kier alpha value is -2.16. The van der Waals surface area contributed by atoms with Crippen LogP contribution in [0.3, 0.4) is 0 Å². The van der Waals surface area contributed by atoms with E-state index >= 15 is 0 Å². The molecule has 0 bridgehead atoms. The van der Waals surface area contributed by atoms with E-state index in [1.54, 1.807) is 6.07 Å². The molecule has 0 amide bonds. The molecule has 2 aromatic rings. The highest BCUT2D eigenvalue weighted by molar-refractivity contribution is 5.65. The van der Waals surface area contributed by atoms with Crippen molar-refractivity contribution in [1.29, 1.82) is 0 Å². The van der Waals surface area contributed by atoms with Gasteiger partial charge in [-0.2, -0.15) is 4.39 Å². The highest BCUT2D eigenvalue weighted by Gasteiger charge is 2.22. The first-order chi connectivity index (χ1) is 15.1. The zero-order chi connectivity index (χ0) is 22.1. The molecule has 2 aromatic carbocycles. The molecule has 0 atom stereocenters.